The minimum absolute atomic E-state index is 0.415. The van der Waals surface area contributed by atoms with E-state index >= 15 is 0 Å². The normalized spacial score (nSPS) is 42.2. The maximum absolute atomic E-state index is 10.9. The van der Waals surface area contributed by atoms with Crippen LogP contribution in [0.15, 0.2) is 11.9 Å². The maximum atomic E-state index is 10.9. The van der Waals surface area contributed by atoms with E-state index in [-0.39, 0.29) is 0 Å². The van der Waals surface area contributed by atoms with Crippen molar-refractivity contribution >= 4 is 38.4 Å². The second-order valence-electron chi connectivity index (χ2n) is 4.04. The average molecular weight is 372 g/mol. The van der Waals surface area contributed by atoms with Crippen LogP contribution in [0.5, 0.6) is 0 Å². The summed E-state index contributed by atoms with van der Waals surface area (Å²) in [6.45, 7) is 0.417. The van der Waals surface area contributed by atoms with E-state index in [1.807, 2.05) is 0 Å². The van der Waals surface area contributed by atoms with Crippen LogP contribution in [0.2, 0.25) is 0 Å². The lowest BCUT2D eigenvalue weighted by molar-refractivity contribution is -0.0660. The number of ether oxygens (including phenoxy) is 2. The molecule has 2 heterocycles. The summed E-state index contributed by atoms with van der Waals surface area (Å²) in [5.41, 5.74) is -0.912. The lowest BCUT2D eigenvalue weighted by Gasteiger charge is -2.35. The van der Waals surface area contributed by atoms with Crippen LogP contribution in [0.25, 0.3) is 0 Å². The van der Waals surface area contributed by atoms with Gasteiger partial charge in [-0.2, -0.15) is 0 Å². The van der Waals surface area contributed by atoms with Gasteiger partial charge in [0.2, 0.25) is 0 Å². The van der Waals surface area contributed by atoms with Gasteiger partial charge in [-0.3, -0.25) is 4.57 Å². The van der Waals surface area contributed by atoms with E-state index in [0.29, 0.717) is 13.0 Å². The highest BCUT2D eigenvalue weighted by Gasteiger charge is 2.56. The summed E-state index contributed by atoms with van der Waals surface area (Å²) >= 11 is 1.71. The number of rotatable bonds is 3. The van der Waals surface area contributed by atoms with Crippen molar-refractivity contribution in [1.82, 2.24) is 0 Å². The number of halogens is 1. The fraction of sp³-hybridized carbons (Fsp3) is 0.750. The van der Waals surface area contributed by atoms with Gasteiger partial charge in [0, 0.05) is 18.2 Å². The molecule has 4 atom stereocenters. The molecule has 9 heteroatoms. The predicted octanol–water partition coefficient (Wildman–Crippen LogP) is 0.465. The first kappa shape index (κ1) is 14.0. The van der Waals surface area contributed by atoms with Gasteiger partial charge in [-0.1, -0.05) is 0 Å². The van der Waals surface area contributed by atoms with Gasteiger partial charge in [0.05, 0.1) is 6.61 Å². The Bertz CT molecular complexity index is 373. The largest absolute Gasteiger partial charge is 0.373 e. The molecule has 2 rings (SSSR count). The topological polar surface area (TPSA) is 85.2 Å². The summed E-state index contributed by atoms with van der Waals surface area (Å²) in [4.78, 5) is 17.7. The second kappa shape index (κ2) is 4.92. The summed E-state index contributed by atoms with van der Waals surface area (Å²) in [5.74, 6) is 0.829. The summed E-state index contributed by atoms with van der Waals surface area (Å²) in [7, 11) is 1.53. The average Bonchev–Trinajstić information content (AvgIpc) is 2.38. The smallest absolute Gasteiger partial charge is 0.348 e. The number of fused-ring (bicyclic) bond motifs is 2. The predicted molar refractivity (Wildman–Crippen MR) is 67.8 cm³/mol. The van der Waals surface area contributed by atoms with Gasteiger partial charge in [0.1, 0.15) is 48.7 Å². The number of hydrogen-bond acceptors (Lipinski definition) is 4. The molecular formula is C8H11BIO6P. The van der Waals surface area contributed by atoms with Crippen molar-refractivity contribution in [2.24, 2.45) is 0 Å². The van der Waals surface area contributed by atoms with E-state index in [1.165, 1.54) is 6.08 Å². The number of hydrogen-bond donors (Lipinski definition) is 2. The highest BCUT2D eigenvalue weighted by atomic mass is 127. The van der Waals surface area contributed by atoms with E-state index in [9.17, 15) is 4.57 Å². The quantitative estimate of drug-likeness (QED) is 0.426. The Labute approximate surface area is 114 Å². The molecule has 17 heavy (non-hydrogen) atoms. The highest BCUT2D eigenvalue weighted by Crippen LogP contribution is 2.45. The van der Waals surface area contributed by atoms with Crippen molar-refractivity contribution < 1.29 is 26.9 Å². The van der Waals surface area contributed by atoms with Gasteiger partial charge in [-0.05, 0) is 6.08 Å². The van der Waals surface area contributed by atoms with Gasteiger partial charge in [-0.15, -0.1) is 0 Å². The zero-order valence-corrected chi connectivity index (χ0v) is 11.8. The Morgan fingerprint density at radius 1 is 1.59 bits per heavy atom. The van der Waals surface area contributed by atoms with Gasteiger partial charge in [-0.25, -0.2) is 0 Å². The van der Waals surface area contributed by atoms with Crippen molar-refractivity contribution in [2.75, 3.05) is 6.61 Å². The fourth-order valence-electron chi connectivity index (χ4n) is 2.14. The van der Waals surface area contributed by atoms with Crippen molar-refractivity contribution in [2.45, 2.75) is 30.2 Å². The molecule has 2 aliphatic heterocycles. The molecule has 0 aromatic heterocycles. The molecule has 0 saturated carbocycles. The lowest BCUT2D eigenvalue weighted by Crippen LogP contribution is -2.48. The molecule has 0 aromatic rings. The zero-order chi connectivity index (χ0) is 12.7. The van der Waals surface area contributed by atoms with Gasteiger partial charge in [0.25, 0.3) is 0 Å². The SMILES string of the molecule is [B][C@@H]1O[C@@]2(/C=C/P(=O)(O)O)CCOC1[C@H]2OI. The van der Waals surface area contributed by atoms with Crippen LogP contribution < -0.4 is 0 Å². The Balaban J connectivity index is 2.28. The fourth-order valence-corrected chi connectivity index (χ4v) is 3.31. The van der Waals surface area contributed by atoms with E-state index < -0.39 is 31.4 Å². The van der Waals surface area contributed by atoms with E-state index in [1.54, 1.807) is 23.0 Å². The van der Waals surface area contributed by atoms with Crippen molar-refractivity contribution in [1.29, 1.82) is 0 Å². The first-order chi connectivity index (χ1) is 7.88. The first-order valence-corrected chi connectivity index (χ1v) is 7.52. The Morgan fingerprint density at radius 2 is 2.29 bits per heavy atom. The van der Waals surface area contributed by atoms with Crippen LogP contribution in [0.1, 0.15) is 6.42 Å². The third-order valence-corrected chi connectivity index (χ3v) is 3.99. The van der Waals surface area contributed by atoms with Crippen molar-refractivity contribution in [3.8, 4) is 0 Å². The standard InChI is InChI=1S/C8H11BIO6P/c9-7-5-6(16-10)8(15-7,1-3-14-5)2-4-17(11,12)13/h2,4-7H,1,3H2,(H2,11,12,13)/b4-2+/t5?,6-,7-,8-/m1/s1. The summed E-state index contributed by atoms with van der Waals surface area (Å²) in [6, 6.07) is -0.654. The molecule has 2 radical (unpaired) electrons. The molecule has 6 nitrogen and oxygen atoms in total. The van der Waals surface area contributed by atoms with Gasteiger partial charge >= 0.3 is 7.60 Å². The monoisotopic (exact) mass is 372 g/mol. The van der Waals surface area contributed by atoms with E-state index in [4.69, 9.17) is 30.2 Å². The molecule has 1 unspecified atom stereocenters. The molecule has 0 aromatic carbocycles. The maximum Gasteiger partial charge on any atom is 0.348 e. The van der Waals surface area contributed by atoms with Gasteiger partial charge in [0.15, 0.2) is 0 Å². The zero-order valence-electron chi connectivity index (χ0n) is 8.73. The molecule has 0 amide bonds. The molecular weight excluding hydrogens is 361 g/mol. The van der Waals surface area contributed by atoms with Crippen molar-refractivity contribution in [3.63, 3.8) is 0 Å². The van der Waals surface area contributed by atoms with Gasteiger partial charge < -0.3 is 22.3 Å². The van der Waals surface area contributed by atoms with Crippen LogP contribution in [-0.4, -0.2) is 48.1 Å². The van der Waals surface area contributed by atoms with Crippen LogP contribution in [-0.2, 0) is 17.1 Å². The molecule has 2 bridgehead atoms. The van der Waals surface area contributed by atoms with Crippen molar-refractivity contribution in [3.05, 3.63) is 11.9 Å². The van der Waals surface area contributed by atoms with Crippen LogP contribution in [0, 0.1) is 0 Å². The third kappa shape index (κ3) is 2.78. The minimum Gasteiger partial charge on any atom is -0.373 e. The molecule has 2 N–H and O–H groups in total. The first-order valence-electron chi connectivity index (χ1n) is 4.96. The molecule has 2 saturated heterocycles. The van der Waals surface area contributed by atoms with Crippen LogP contribution in [0.3, 0.4) is 0 Å². The summed E-state index contributed by atoms with van der Waals surface area (Å²) in [6.07, 6.45) is 0.914. The summed E-state index contributed by atoms with van der Waals surface area (Å²) < 4.78 is 27.1. The Morgan fingerprint density at radius 3 is 2.88 bits per heavy atom. The molecule has 2 aliphatic rings. The second-order valence-corrected chi connectivity index (χ2v) is 6.02. The van der Waals surface area contributed by atoms with E-state index in [2.05, 4.69) is 0 Å². The summed E-state index contributed by atoms with van der Waals surface area (Å²) in [5, 5.41) is 0. The Kier molecular flexibility index (Phi) is 4.05. The third-order valence-electron chi connectivity index (χ3n) is 2.91. The molecule has 0 aliphatic carbocycles. The lowest BCUT2D eigenvalue weighted by atomic mass is 9.86. The molecule has 2 fully saturated rings. The van der Waals surface area contributed by atoms with E-state index in [0.717, 1.165) is 5.82 Å². The molecule has 94 valence electrons. The minimum atomic E-state index is -4.23. The van der Waals surface area contributed by atoms with Crippen LogP contribution in [0.4, 0.5) is 0 Å². The molecule has 0 spiro atoms. The highest BCUT2D eigenvalue weighted by molar-refractivity contribution is 14.1. The van der Waals surface area contributed by atoms with Crippen LogP contribution >= 0.6 is 30.6 Å². The Hall–Kier alpha value is 0.565.